The van der Waals surface area contributed by atoms with Crippen molar-refractivity contribution in [1.82, 2.24) is 99.7 Å². The van der Waals surface area contributed by atoms with Gasteiger partial charge in [0, 0.05) is 216 Å². The van der Waals surface area contributed by atoms with Crippen LogP contribution in [0.4, 0.5) is 17.1 Å². The largest absolute Gasteiger partial charge is 0.367 e. The molecule has 35 heteroatoms. The molecule has 6 aliphatic rings. The second-order valence-corrected chi connectivity index (χ2v) is 39.4. The zero-order valence-electron chi connectivity index (χ0n) is 80.8. The Bertz CT molecular complexity index is 7230. The Hall–Kier alpha value is -14.9. The molecule has 0 bridgehead atoms. The van der Waals surface area contributed by atoms with Gasteiger partial charge in [0.05, 0.1) is 58.2 Å². The number of pyridine rings is 2. The van der Waals surface area contributed by atoms with E-state index in [1.165, 1.54) is 29.4 Å². The topological polar surface area (TPSA) is 401 Å². The number of H-pyrrole nitrogens is 3. The van der Waals surface area contributed by atoms with Crippen LogP contribution in [0.25, 0.3) is 101 Å². The lowest BCUT2D eigenvalue weighted by Crippen LogP contribution is -2.48. The summed E-state index contributed by atoms with van der Waals surface area (Å²) in [7, 11) is 1.26. The predicted octanol–water partition coefficient (Wildman–Crippen LogP) is 13.6. The van der Waals surface area contributed by atoms with Crippen molar-refractivity contribution >= 4 is 112 Å². The number of aromatic nitrogens is 14. The summed E-state index contributed by atoms with van der Waals surface area (Å²) < 4.78 is 44.4. The van der Waals surface area contributed by atoms with Crippen LogP contribution in [0.5, 0.6) is 0 Å². The van der Waals surface area contributed by atoms with Gasteiger partial charge in [0.2, 0.25) is 23.7 Å². The second kappa shape index (κ2) is 42.7. The molecular formula is C107H115N23O11S. The van der Waals surface area contributed by atoms with Gasteiger partial charge in [-0.1, -0.05) is 98.3 Å². The SMILES string of the molecule is CCc1cc(-c2n[nH]c3ccc(NC(=O)[C@]4(OC)CCN(CC(=O)N5CC=C(c6cccc(C)c6)CC5)C4)cc23)ccn1.CCc1cc(-c2n[nH]c3ccc(NC(=O)[C@]4(OC)CCN(CC(=O)N5CC=C(c6cnn(-c7ncccn7)c6)CC5)C4)cc23)ccn1.CO[C@@]1(C(=O)Nc2ccc3[nH]nc(-c4ccc(S(=O)(=O)C(C)C)cc4)c3c2)CCN(CC(=O)N2CC=C(c3ccc(-c4ncccn4)cc3)CC2)C1. The van der Waals surface area contributed by atoms with Crippen molar-refractivity contribution in [2.24, 2.45) is 0 Å². The Balaban J connectivity index is 0.000000141. The minimum Gasteiger partial charge on any atom is -0.367 e. The van der Waals surface area contributed by atoms with Crippen LogP contribution in [0, 0.1) is 6.92 Å². The highest BCUT2D eigenvalue weighted by atomic mass is 32.2. The molecule has 730 valence electrons. The van der Waals surface area contributed by atoms with Crippen LogP contribution in [-0.2, 0) is 65.7 Å². The number of benzene rings is 6. The molecule has 0 radical (unpaired) electrons. The average Bonchev–Trinajstić information content (AvgIpc) is 1.65. The highest BCUT2D eigenvalue weighted by molar-refractivity contribution is 7.92. The number of rotatable bonds is 27. The number of methoxy groups -OCH3 is 3. The van der Waals surface area contributed by atoms with Crippen molar-refractivity contribution in [2.75, 3.05) is 135 Å². The molecule has 3 saturated heterocycles. The van der Waals surface area contributed by atoms with Crippen molar-refractivity contribution in [3.63, 3.8) is 0 Å². The highest BCUT2D eigenvalue weighted by Gasteiger charge is 2.49. The number of nitrogens with zero attached hydrogens (tertiary/aromatic N) is 17. The van der Waals surface area contributed by atoms with Crippen LogP contribution >= 0.6 is 0 Å². The number of amides is 6. The summed E-state index contributed by atoms with van der Waals surface area (Å²) in [6.07, 6.45) is 25.9. The fraction of sp³-hybridized carbons (Fsp3) is 0.327. The third kappa shape index (κ3) is 21.4. The summed E-state index contributed by atoms with van der Waals surface area (Å²) in [6, 6.07) is 51.7. The van der Waals surface area contributed by atoms with Crippen LogP contribution < -0.4 is 16.0 Å². The maximum atomic E-state index is 13.7. The van der Waals surface area contributed by atoms with E-state index >= 15 is 0 Å². The fourth-order valence-electron chi connectivity index (χ4n) is 19.2. The molecule has 20 rings (SSSR count). The summed E-state index contributed by atoms with van der Waals surface area (Å²) in [6.45, 7) is 16.5. The summed E-state index contributed by atoms with van der Waals surface area (Å²) >= 11 is 0. The number of carbonyl (C=O) groups is 6. The first-order chi connectivity index (χ1) is 68.9. The van der Waals surface area contributed by atoms with E-state index in [2.05, 4.69) is 157 Å². The number of nitrogens with one attached hydrogen (secondary N) is 6. The summed E-state index contributed by atoms with van der Waals surface area (Å²) in [5.74, 6) is 0.595. The Morgan fingerprint density at radius 1 is 0.423 bits per heavy atom. The molecule has 0 aliphatic carbocycles. The first-order valence-electron chi connectivity index (χ1n) is 48.0. The van der Waals surface area contributed by atoms with Gasteiger partial charge in [-0.2, -0.15) is 20.4 Å². The normalized spacial score (nSPS) is 18.5. The first kappa shape index (κ1) is 97.4. The Morgan fingerprint density at radius 2 is 0.824 bits per heavy atom. The molecule has 142 heavy (non-hydrogen) atoms. The van der Waals surface area contributed by atoms with E-state index in [1.54, 1.807) is 119 Å². The number of carbonyl (C=O) groups excluding carboxylic acids is 6. The molecule has 6 aliphatic heterocycles. The molecule has 3 atom stereocenters. The third-order valence-electron chi connectivity index (χ3n) is 27.7. The van der Waals surface area contributed by atoms with Crippen LogP contribution in [0.1, 0.15) is 99.9 Å². The third-order valence-corrected chi connectivity index (χ3v) is 29.9. The maximum Gasteiger partial charge on any atom is 0.258 e. The second-order valence-electron chi connectivity index (χ2n) is 36.9. The minimum absolute atomic E-state index is 0.0203. The lowest BCUT2D eigenvalue weighted by Gasteiger charge is -2.30. The van der Waals surface area contributed by atoms with Gasteiger partial charge in [-0.25, -0.2) is 33.0 Å². The Kier molecular flexibility index (Phi) is 29.3. The molecule has 6 amide bonds. The monoisotopic (exact) mass is 1930 g/mol. The van der Waals surface area contributed by atoms with E-state index in [4.69, 9.17) is 14.2 Å². The van der Waals surface area contributed by atoms with E-state index < -0.39 is 31.9 Å². The van der Waals surface area contributed by atoms with Crippen molar-refractivity contribution in [3.05, 3.63) is 265 Å². The highest BCUT2D eigenvalue weighted by Crippen LogP contribution is 2.39. The molecule has 34 nitrogen and oxygen atoms in total. The number of sulfone groups is 1. The van der Waals surface area contributed by atoms with Gasteiger partial charge in [-0.05, 0) is 203 Å². The van der Waals surface area contributed by atoms with E-state index in [9.17, 15) is 37.2 Å². The van der Waals surface area contributed by atoms with E-state index in [0.29, 0.717) is 126 Å². The zero-order chi connectivity index (χ0) is 98.8. The van der Waals surface area contributed by atoms with Gasteiger partial charge >= 0.3 is 0 Å². The minimum atomic E-state index is -3.40. The summed E-state index contributed by atoms with van der Waals surface area (Å²) in [4.78, 5) is 119. The molecule has 0 unspecified atom stereocenters. The van der Waals surface area contributed by atoms with Crippen LogP contribution in [0.15, 0.2) is 236 Å². The number of aromatic amines is 3. The molecule has 6 aromatic carbocycles. The van der Waals surface area contributed by atoms with Gasteiger partial charge in [0.25, 0.3) is 17.7 Å². The zero-order valence-corrected chi connectivity index (χ0v) is 81.6. The molecule has 3 fully saturated rings. The molecule has 8 aromatic heterocycles. The average molecular weight is 1930 g/mol. The van der Waals surface area contributed by atoms with E-state index in [-0.39, 0.29) is 66.5 Å². The number of hydrogen-bond acceptors (Lipinski definition) is 24. The van der Waals surface area contributed by atoms with Crippen molar-refractivity contribution < 1.29 is 51.4 Å². The quantitative estimate of drug-likeness (QED) is 0.0278. The van der Waals surface area contributed by atoms with Gasteiger partial charge < -0.3 is 44.9 Å². The van der Waals surface area contributed by atoms with E-state index in [1.807, 2.05) is 121 Å². The number of likely N-dealkylation sites (tertiary alicyclic amines) is 3. The smallest absolute Gasteiger partial charge is 0.258 e. The maximum absolute atomic E-state index is 13.7. The van der Waals surface area contributed by atoms with Crippen molar-refractivity contribution in [3.8, 4) is 51.1 Å². The lowest BCUT2D eigenvalue weighted by molar-refractivity contribution is -0.138. The molecule has 0 spiro atoms. The molecule has 0 saturated carbocycles. The lowest BCUT2D eigenvalue weighted by atomic mass is 9.98. The Morgan fingerprint density at radius 3 is 1.23 bits per heavy atom. The predicted molar refractivity (Wildman–Crippen MR) is 545 cm³/mol. The molecule has 6 N–H and O–H groups in total. The van der Waals surface area contributed by atoms with Gasteiger partial charge in [-0.3, -0.25) is 68.7 Å². The van der Waals surface area contributed by atoms with E-state index in [0.717, 1.165) is 127 Å². The number of fused-ring (bicyclic) bond motifs is 3. The van der Waals surface area contributed by atoms with Gasteiger partial charge in [-0.15, -0.1) is 0 Å². The number of anilines is 3. The number of aryl methyl sites for hydroxylation is 3. The summed E-state index contributed by atoms with van der Waals surface area (Å²) in [5.41, 5.74) is 17.3. The van der Waals surface area contributed by atoms with Crippen LogP contribution in [-0.4, -0.2) is 285 Å². The van der Waals surface area contributed by atoms with Crippen LogP contribution in [0.2, 0.25) is 0 Å². The van der Waals surface area contributed by atoms with Crippen molar-refractivity contribution in [2.45, 2.75) is 113 Å². The number of ether oxygens (including phenoxy) is 3. The molecule has 14 heterocycles. The number of hydrogen-bond donors (Lipinski definition) is 6. The van der Waals surface area contributed by atoms with Gasteiger partial charge in [0.15, 0.2) is 32.5 Å². The fourth-order valence-corrected chi connectivity index (χ4v) is 20.2. The Labute approximate surface area is 822 Å². The first-order valence-corrected chi connectivity index (χ1v) is 49.6. The van der Waals surface area contributed by atoms with Gasteiger partial charge in [0.1, 0.15) is 11.4 Å². The standard InChI is InChI=1S/C39H41N7O5S.C34H36N10O3.C34H38N6O3/c1-26(2)52(49,50)32-12-9-29(10-13-32)36-33-23-31(11-14-34(33)43-44-36)42-38(48)39(51-3)17-22-45(25-39)24-35(47)46-20-15-28(16-21-46)27-5-7-30(8-6-27)37-40-18-4-19-41-37;1-3-26-17-24(7-13-35-26)31-28-18-27(5-6-29(28)40-41-31)39-32(46)34(47-2)10-16-42(22-34)21-30(45)43-14-8-23(9-15-43)25-19-38-44(20-25)33-36-11-4-12-37-33;1-4-27-19-26(10-14-35-27)32-29-20-28(8-9-30(29)37-38-32)36-33(42)34(43-3)13-17-39(22-34)21-31(41)40-15-11-24(12-16-40)25-7-5-6-23(2)18-25/h4-15,18-19,23,26H,16-17,20-22,24-25H2,1-3H3,(H,42,48)(H,43,44);4-8,11-13,17-20H,3,9-10,14-16,21-22H2,1-2H3,(H,39,46)(H,40,41);5-11,14,18-20H,4,12-13,15-17,21-22H2,1-3H3,(H,36,42)(H,37,38)/t39-;2*34-/m000/s1. The summed E-state index contributed by atoms with van der Waals surface area (Å²) in [5, 5.41) is 38.3. The van der Waals surface area contributed by atoms with Crippen LogP contribution in [0.3, 0.4) is 0 Å². The van der Waals surface area contributed by atoms with Crippen molar-refractivity contribution in [1.29, 1.82) is 0 Å². The molecular weight excluding hydrogens is 1820 g/mol. The molecule has 14 aromatic rings.